The maximum atomic E-state index is 8.84. The average molecular weight is 283 g/mol. The van der Waals surface area contributed by atoms with Gasteiger partial charge in [-0.2, -0.15) is 20.2 Å². The molecule has 2 rings (SSSR count). The smallest absolute Gasteiger partial charge is 0.236 e. The molecule has 0 aliphatic rings. The van der Waals surface area contributed by atoms with Gasteiger partial charge in [0, 0.05) is 33.9 Å². The van der Waals surface area contributed by atoms with Crippen molar-refractivity contribution in [1.82, 2.24) is 15.0 Å². The van der Waals surface area contributed by atoms with E-state index < -0.39 is 0 Å². The fraction of sp³-hybridized carbons (Fsp3) is 0.286. The van der Waals surface area contributed by atoms with Gasteiger partial charge in [0.1, 0.15) is 0 Å². The van der Waals surface area contributed by atoms with E-state index in [0.717, 1.165) is 5.69 Å². The monoisotopic (exact) mass is 283 g/mol. The minimum atomic E-state index is 0.504. The molecule has 0 radical (unpaired) electrons. The van der Waals surface area contributed by atoms with Crippen LogP contribution in [0.3, 0.4) is 0 Å². The predicted octanol–water partition coefficient (Wildman–Crippen LogP) is 1.62. The Bertz CT molecular complexity index is 658. The van der Waals surface area contributed by atoms with Gasteiger partial charge in [0.25, 0.3) is 0 Å². The molecule has 1 N–H and O–H groups in total. The van der Waals surface area contributed by atoms with Gasteiger partial charge in [-0.25, -0.2) is 0 Å². The Morgan fingerprint density at radius 3 is 2.14 bits per heavy atom. The molecule has 7 nitrogen and oxygen atoms in total. The van der Waals surface area contributed by atoms with Gasteiger partial charge >= 0.3 is 0 Å². The molecule has 0 unspecified atom stereocenters. The van der Waals surface area contributed by atoms with Crippen molar-refractivity contribution < 1.29 is 0 Å². The molecule has 1 aromatic heterocycles. The minimum absolute atomic E-state index is 0.504. The number of hydrogen-bond donors (Lipinski definition) is 1. The summed E-state index contributed by atoms with van der Waals surface area (Å²) in [7, 11) is 7.39. The maximum absolute atomic E-state index is 8.84. The lowest BCUT2D eigenvalue weighted by atomic mass is 10.2. The van der Waals surface area contributed by atoms with E-state index in [-0.39, 0.29) is 0 Å². The van der Waals surface area contributed by atoms with Crippen LogP contribution >= 0.6 is 0 Å². The van der Waals surface area contributed by atoms with Crippen molar-refractivity contribution in [3.8, 4) is 6.07 Å². The highest BCUT2D eigenvalue weighted by atomic mass is 15.3. The lowest BCUT2D eigenvalue weighted by Gasteiger charge is -2.19. The molecule has 0 saturated carbocycles. The number of aromatic nitrogens is 3. The third kappa shape index (κ3) is 3.17. The molecule has 0 spiro atoms. The second kappa shape index (κ2) is 6.05. The number of nitrogens with one attached hydrogen (secondary N) is 1. The van der Waals surface area contributed by atoms with Gasteiger partial charge in [-0.05, 0) is 24.3 Å². The van der Waals surface area contributed by atoms with E-state index in [4.69, 9.17) is 5.26 Å². The van der Waals surface area contributed by atoms with Crippen molar-refractivity contribution in [2.45, 2.75) is 0 Å². The van der Waals surface area contributed by atoms with Crippen LogP contribution in [-0.2, 0) is 0 Å². The summed E-state index contributed by atoms with van der Waals surface area (Å²) in [6.07, 6.45) is 0. The van der Waals surface area contributed by atoms with Gasteiger partial charge in [-0.1, -0.05) is 0 Å². The molecule has 0 saturated heterocycles. The van der Waals surface area contributed by atoms with E-state index in [1.54, 1.807) is 19.2 Å². The number of nitrogens with zero attached hydrogens (tertiary/aromatic N) is 6. The lowest BCUT2D eigenvalue weighted by molar-refractivity contribution is 0.933. The number of nitriles is 1. The number of benzene rings is 1. The van der Waals surface area contributed by atoms with Crippen LogP contribution in [0.5, 0.6) is 0 Å². The number of rotatable bonds is 4. The number of hydrogen-bond acceptors (Lipinski definition) is 7. The molecule has 0 amide bonds. The zero-order valence-electron chi connectivity index (χ0n) is 12.5. The highest BCUT2D eigenvalue weighted by Gasteiger charge is 2.12. The average Bonchev–Trinajstić information content (AvgIpc) is 2.53. The summed E-state index contributed by atoms with van der Waals surface area (Å²) in [6.45, 7) is 0. The molecule has 21 heavy (non-hydrogen) atoms. The third-order valence-electron chi connectivity index (χ3n) is 2.92. The van der Waals surface area contributed by atoms with Crippen molar-refractivity contribution in [3.63, 3.8) is 0 Å². The summed E-state index contributed by atoms with van der Waals surface area (Å²) in [5.41, 5.74) is 1.51. The van der Waals surface area contributed by atoms with Crippen LogP contribution in [-0.4, -0.2) is 43.1 Å². The Balaban J connectivity index is 2.39. The standard InChI is InChI=1S/C14H17N7/c1-16-12-17-13(20(2)3)19-14(18-12)21(4)11-7-5-10(9-15)6-8-11/h5-8H,1-4H3,(H,16,17,18,19). The molecule has 2 aromatic rings. The zero-order valence-corrected chi connectivity index (χ0v) is 12.5. The predicted molar refractivity (Wildman–Crippen MR) is 82.9 cm³/mol. The molecule has 0 fully saturated rings. The summed E-state index contributed by atoms with van der Waals surface area (Å²) in [5.74, 6) is 1.61. The topological polar surface area (TPSA) is 81.0 Å². The fourth-order valence-electron chi connectivity index (χ4n) is 1.69. The number of anilines is 4. The molecular weight excluding hydrogens is 266 g/mol. The Hall–Kier alpha value is -2.88. The second-order valence-corrected chi connectivity index (χ2v) is 4.62. The summed E-state index contributed by atoms with van der Waals surface area (Å²) in [5, 5.41) is 11.8. The molecule has 1 heterocycles. The Kier molecular flexibility index (Phi) is 4.18. The molecular formula is C14H17N7. The van der Waals surface area contributed by atoms with Gasteiger partial charge < -0.3 is 15.1 Å². The maximum Gasteiger partial charge on any atom is 0.236 e. The lowest BCUT2D eigenvalue weighted by Crippen LogP contribution is -2.19. The van der Waals surface area contributed by atoms with Gasteiger partial charge in [-0.3, -0.25) is 0 Å². The zero-order chi connectivity index (χ0) is 15.4. The van der Waals surface area contributed by atoms with E-state index >= 15 is 0 Å². The van der Waals surface area contributed by atoms with Crippen LogP contribution < -0.4 is 15.1 Å². The highest BCUT2D eigenvalue weighted by Crippen LogP contribution is 2.22. The van der Waals surface area contributed by atoms with E-state index in [0.29, 0.717) is 23.4 Å². The van der Waals surface area contributed by atoms with Crippen LogP contribution in [0, 0.1) is 11.3 Å². The van der Waals surface area contributed by atoms with Gasteiger partial charge in [0.05, 0.1) is 11.6 Å². The van der Waals surface area contributed by atoms with Crippen LogP contribution in [0.15, 0.2) is 24.3 Å². The van der Waals surface area contributed by atoms with Crippen molar-refractivity contribution >= 4 is 23.5 Å². The van der Waals surface area contributed by atoms with Crippen LogP contribution in [0.1, 0.15) is 5.56 Å². The van der Waals surface area contributed by atoms with Crippen LogP contribution in [0.4, 0.5) is 23.5 Å². The normalized spacial score (nSPS) is 9.86. The first-order valence-corrected chi connectivity index (χ1v) is 6.40. The first-order valence-electron chi connectivity index (χ1n) is 6.40. The minimum Gasteiger partial charge on any atom is -0.357 e. The fourth-order valence-corrected chi connectivity index (χ4v) is 1.69. The van der Waals surface area contributed by atoms with Crippen LogP contribution in [0.25, 0.3) is 0 Å². The van der Waals surface area contributed by atoms with E-state index in [2.05, 4.69) is 26.3 Å². The quantitative estimate of drug-likeness (QED) is 0.913. The third-order valence-corrected chi connectivity index (χ3v) is 2.92. The molecule has 0 aliphatic heterocycles. The second-order valence-electron chi connectivity index (χ2n) is 4.62. The molecule has 0 bridgehead atoms. The highest BCUT2D eigenvalue weighted by molar-refractivity contribution is 5.59. The van der Waals surface area contributed by atoms with Crippen LogP contribution in [0.2, 0.25) is 0 Å². The van der Waals surface area contributed by atoms with Gasteiger partial charge in [-0.15, -0.1) is 0 Å². The molecule has 0 atom stereocenters. The summed E-state index contributed by atoms with van der Waals surface area (Å²) >= 11 is 0. The Morgan fingerprint density at radius 2 is 1.62 bits per heavy atom. The van der Waals surface area contributed by atoms with E-state index in [9.17, 15) is 0 Å². The van der Waals surface area contributed by atoms with Crippen molar-refractivity contribution in [2.24, 2.45) is 0 Å². The van der Waals surface area contributed by atoms with Gasteiger partial charge in [0.2, 0.25) is 17.8 Å². The molecule has 0 aliphatic carbocycles. The summed E-state index contributed by atoms with van der Waals surface area (Å²) in [6, 6.07) is 9.34. The van der Waals surface area contributed by atoms with Crippen molar-refractivity contribution in [2.75, 3.05) is 43.3 Å². The molecule has 108 valence electrons. The Labute approximate surface area is 123 Å². The van der Waals surface area contributed by atoms with E-state index in [1.807, 2.05) is 43.1 Å². The molecule has 7 heteroatoms. The SMILES string of the molecule is CNc1nc(N(C)C)nc(N(C)c2ccc(C#N)cc2)n1. The largest absolute Gasteiger partial charge is 0.357 e. The summed E-state index contributed by atoms with van der Waals surface area (Å²) < 4.78 is 0. The first-order chi connectivity index (χ1) is 10.0. The first kappa shape index (κ1) is 14.5. The van der Waals surface area contributed by atoms with E-state index in [1.165, 1.54) is 0 Å². The Morgan fingerprint density at radius 1 is 1.00 bits per heavy atom. The summed E-state index contributed by atoms with van der Waals surface area (Å²) in [4.78, 5) is 16.7. The van der Waals surface area contributed by atoms with Gasteiger partial charge in [0.15, 0.2) is 0 Å². The molecule has 1 aromatic carbocycles. The van der Waals surface area contributed by atoms with Crippen molar-refractivity contribution in [3.05, 3.63) is 29.8 Å². The van der Waals surface area contributed by atoms with Crippen molar-refractivity contribution in [1.29, 1.82) is 5.26 Å².